The van der Waals surface area contributed by atoms with Gasteiger partial charge in [0.1, 0.15) is 11.3 Å². The number of anilines is 1. The fourth-order valence-corrected chi connectivity index (χ4v) is 3.84. The van der Waals surface area contributed by atoms with Gasteiger partial charge in [0.15, 0.2) is 0 Å². The Kier molecular flexibility index (Phi) is 6.44. The summed E-state index contributed by atoms with van der Waals surface area (Å²) in [5, 5.41) is 8.38. The van der Waals surface area contributed by atoms with Gasteiger partial charge in [-0.3, -0.25) is 9.59 Å². The van der Waals surface area contributed by atoms with Crippen LogP contribution in [-0.2, 0) is 27.5 Å². The summed E-state index contributed by atoms with van der Waals surface area (Å²) >= 11 is 0. The normalized spacial score (nSPS) is 21.8. The van der Waals surface area contributed by atoms with Crippen molar-refractivity contribution in [3.8, 4) is 0 Å². The summed E-state index contributed by atoms with van der Waals surface area (Å²) in [6.45, 7) is 0.649. The third-order valence-electron chi connectivity index (χ3n) is 5.68. The maximum atomic E-state index is 13.5. The predicted octanol–water partition coefficient (Wildman–Crippen LogP) is 0.761. The number of aromatic amines is 1. The van der Waals surface area contributed by atoms with Gasteiger partial charge in [0.2, 0.25) is 11.5 Å². The van der Waals surface area contributed by atoms with Crippen molar-refractivity contribution in [1.82, 2.24) is 30.4 Å². The average Bonchev–Trinajstić information content (AvgIpc) is 2.83. The molecule has 0 radical (unpaired) electrons. The molecule has 2 saturated heterocycles. The van der Waals surface area contributed by atoms with Gasteiger partial charge in [-0.2, -0.15) is 31.4 Å². The lowest BCUT2D eigenvalue weighted by molar-refractivity contribution is -0.165. The smallest absolute Gasteiger partial charge is 0.356 e. The first kappa shape index (κ1) is 24.8. The van der Waals surface area contributed by atoms with Crippen LogP contribution in [0, 0.1) is 0 Å². The van der Waals surface area contributed by atoms with Gasteiger partial charge in [0, 0.05) is 51.7 Å². The Morgan fingerprint density at radius 2 is 1.69 bits per heavy atom. The highest BCUT2D eigenvalue weighted by Crippen LogP contribution is 2.33. The number of H-pyrrole nitrogens is 1. The minimum Gasteiger partial charge on any atom is -0.356 e. The van der Waals surface area contributed by atoms with E-state index in [9.17, 15) is 35.9 Å². The second-order valence-electron chi connectivity index (χ2n) is 7.89. The molecule has 1 amide bonds. The van der Waals surface area contributed by atoms with Crippen LogP contribution in [0.2, 0.25) is 0 Å². The molecule has 0 spiro atoms. The van der Waals surface area contributed by atoms with Crippen LogP contribution in [0.3, 0.4) is 0 Å². The van der Waals surface area contributed by atoms with E-state index in [1.54, 1.807) is 10.00 Å². The highest BCUT2D eigenvalue weighted by atomic mass is 19.4. The zero-order valence-electron chi connectivity index (χ0n) is 17.9. The predicted molar refractivity (Wildman–Crippen MR) is 106 cm³/mol. The number of rotatable bonds is 3. The van der Waals surface area contributed by atoms with Gasteiger partial charge in [-0.15, -0.1) is 0 Å². The van der Waals surface area contributed by atoms with E-state index in [2.05, 4.69) is 20.4 Å². The van der Waals surface area contributed by atoms with Crippen LogP contribution in [0.4, 0.5) is 32.3 Å². The number of piperazine rings is 1. The van der Waals surface area contributed by atoms with E-state index in [4.69, 9.17) is 4.74 Å². The fraction of sp³-hybridized carbons (Fsp3) is 0.526. The van der Waals surface area contributed by atoms with Gasteiger partial charge < -0.3 is 19.9 Å². The zero-order chi connectivity index (χ0) is 25.4. The minimum absolute atomic E-state index is 0.00720. The number of ether oxygens (including phenoxy) is 1. The average molecular weight is 507 g/mol. The number of halogens is 6. The van der Waals surface area contributed by atoms with Crippen LogP contribution < -0.4 is 15.8 Å². The van der Waals surface area contributed by atoms with Crippen molar-refractivity contribution < 1.29 is 35.9 Å². The van der Waals surface area contributed by atoms with Crippen molar-refractivity contribution >= 4 is 11.9 Å². The molecule has 2 fully saturated rings. The highest BCUT2D eigenvalue weighted by Gasteiger charge is 2.49. The minimum atomic E-state index is -4.97. The molecule has 0 aromatic carbocycles. The molecule has 4 heterocycles. The van der Waals surface area contributed by atoms with Crippen LogP contribution in [0.5, 0.6) is 0 Å². The van der Waals surface area contributed by atoms with Crippen LogP contribution >= 0.6 is 0 Å². The number of amides is 1. The third-order valence-corrected chi connectivity index (χ3v) is 5.68. The van der Waals surface area contributed by atoms with Crippen LogP contribution in [0.1, 0.15) is 16.8 Å². The van der Waals surface area contributed by atoms with Crippen molar-refractivity contribution in [2.45, 2.75) is 18.0 Å². The van der Waals surface area contributed by atoms with Gasteiger partial charge in [-0.05, 0) is 6.07 Å². The number of aromatic nitrogens is 4. The van der Waals surface area contributed by atoms with E-state index in [0.29, 0.717) is 25.0 Å². The molecule has 1 atom stereocenters. The summed E-state index contributed by atoms with van der Waals surface area (Å²) in [6.07, 6.45) is -8.22. The summed E-state index contributed by atoms with van der Waals surface area (Å²) in [5.74, 6) is -0.613. The molecule has 0 bridgehead atoms. The molecule has 0 saturated carbocycles. The van der Waals surface area contributed by atoms with Gasteiger partial charge in [-0.1, -0.05) is 0 Å². The van der Waals surface area contributed by atoms with E-state index in [1.807, 2.05) is 0 Å². The lowest BCUT2D eigenvalue weighted by Crippen LogP contribution is -2.61. The molecular formula is C19H19F6N7O3. The summed E-state index contributed by atoms with van der Waals surface area (Å²) in [7, 11) is 0. The number of hydrogen-bond donors (Lipinski definition) is 2. The first-order chi connectivity index (χ1) is 16.4. The van der Waals surface area contributed by atoms with E-state index in [1.165, 1.54) is 4.90 Å². The van der Waals surface area contributed by atoms with Crippen molar-refractivity contribution in [3.63, 3.8) is 0 Å². The molecule has 2 aromatic heterocycles. The van der Waals surface area contributed by atoms with Crippen molar-refractivity contribution in [2.75, 3.05) is 50.8 Å². The number of nitrogens with zero attached hydrogens (tertiary/aromatic N) is 5. The number of carbonyl (C=O) groups is 1. The molecule has 2 aromatic rings. The quantitative estimate of drug-likeness (QED) is 0.586. The first-order valence-electron chi connectivity index (χ1n) is 10.4. The van der Waals surface area contributed by atoms with E-state index in [0.717, 1.165) is 0 Å². The molecule has 0 aliphatic carbocycles. The number of carbonyl (C=O) groups excluding carboxylic acids is 1. The maximum absolute atomic E-state index is 13.5. The first-order valence-corrected chi connectivity index (χ1v) is 10.4. The summed E-state index contributed by atoms with van der Waals surface area (Å²) in [4.78, 5) is 35.6. The molecule has 190 valence electrons. The second kappa shape index (κ2) is 9.07. The summed E-state index contributed by atoms with van der Waals surface area (Å²) < 4.78 is 83.7. The van der Waals surface area contributed by atoms with Gasteiger partial charge >= 0.3 is 12.4 Å². The van der Waals surface area contributed by atoms with E-state index in [-0.39, 0.29) is 45.3 Å². The van der Waals surface area contributed by atoms with Crippen LogP contribution in [-0.4, -0.2) is 76.8 Å². The molecule has 35 heavy (non-hydrogen) atoms. The maximum Gasteiger partial charge on any atom is 0.421 e. The Morgan fingerprint density at radius 1 is 1.03 bits per heavy atom. The zero-order valence-corrected chi connectivity index (χ0v) is 17.9. The van der Waals surface area contributed by atoms with Crippen molar-refractivity contribution in [2.24, 2.45) is 0 Å². The Labute approximate surface area is 193 Å². The second-order valence-corrected chi connectivity index (χ2v) is 7.89. The van der Waals surface area contributed by atoms with Gasteiger partial charge in [0.05, 0.1) is 12.2 Å². The van der Waals surface area contributed by atoms with E-state index < -0.39 is 46.2 Å². The van der Waals surface area contributed by atoms with E-state index >= 15 is 0 Å². The largest absolute Gasteiger partial charge is 0.421 e. The lowest BCUT2D eigenvalue weighted by Gasteiger charge is -2.42. The fourth-order valence-electron chi connectivity index (χ4n) is 3.84. The number of nitrogens with one attached hydrogen (secondary N) is 2. The molecule has 10 nitrogen and oxygen atoms in total. The molecular weight excluding hydrogens is 488 g/mol. The molecule has 2 aliphatic rings. The Morgan fingerprint density at radius 3 is 2.23 bits per heavy atom. The van der Waals surface area contributed by atoms with Crippen LogP contribution in [0.25, 0.3) is 0 Å². The monoisotopic (exact) mass is 507 g/mol. The molecule has 2 N–H and O–H groups in total. The molecule has 0 unspecified atom stereocenters. The van der Waals surface area contributed by atoms with Gasteiger partial charge in [-0.25, -0.2) is 15.1 Å². The number of morpholine rings is 1. The molecule has 16 heteroatoms. The number of hydrogen-bond acceptors (Lipinski definition) is 8. The summed E-state index contributed by atoms with van der Waals surface area (Å²) in [6, 6.07) is 0.510. The van der Waals surface area contributed by atoms with Crippen molar-refractivity contribution in [3.05, 3.63) is 45.6 Å². The Hall–Kier alpha value is -3.27. The molecule has 4 rings (SSSR count). The highest BCUT2D eigenvalue weighted by molar-refractivity contribution is 5.87. The Bertz CT molecular complexity index is 1120. The van der Waals surface area contributed by atoms with Crippen LogP contribution in [0.15, 0.2) is 23.3 Å². The summed E-state index contributed by atoms with van der Waals surface area (Å²) in [5.41, 5.74) is -6.25. The Balaban J connectivity index is 1.54. The standard InChI is InChI=1S/C19H19F6N7O3/c20-18(21,22)11-8-27-16(28-9-11)32-4-2-31(3-5-32)15(34)17(10-26-1-6-35-17)13-7-12(19(23,24)25)14(33)30-29-13/h7-9,26H,1-6,10H2,(H,30,33)/t17-/m0/s1. The van der Waals surface area contributed by atoms with Crippen molar-refractivity contribution in [1.29, 1.82) is 0 Å². The molecule has 2 aliphatic heterocycles. The topological polar surface area (TPSA) is 116 Å². The number of alkyl halides is 6. The van der Waals surface area contributed by atoms with Gasteiger partial charge in [0.25, 0.3) is 11.5 Å². The third kappa shape index (κ3) is 4.93. The lowest BCUT2D eigenvalue weighted by atomic mass is 9.94. The SMILES string of the molecule is O=C(N1CCN(c2ncc(C(F)(F)F)cn2)CC1)[C@@]1(c2cc(C(F)(F)F)c(=O)[nH]n2)CNCCO1.